The second-order valence-electron chi connectivity index (χ2n) is 7.87. The maximum atomic E-state index is 14.4. The van der Waals surface area contributed by atoms with Crippen LogP contribution < -0.4 is 11.2 Å². The first-order valence-corrected chi connectivity index (χ1v) is 13.0. The molecule has 0 saturated carbocycles. The number of benzene rings is 1. The van der Waals surface area contributed by atoms with Crippen LogP contribution in [0.1, 0.15) is 11.9 Å². The highest BCUT2D eigenvalue weighted by atomic mass is 31.2. The van der Waals surface area contributed by atoms with Gasteiger partial charge in [-0.2, -0.15) is 0 Å². The van der Waals surface area contributed by atoms with Crippen LogP contribution in [0.15, 0.2) is 64.4 Å². The van der Waals surface area contributed by atoms with E-state index >= 15 is 0 Å². The molecule has 5 atom stereocenters. The highest BCUT2D eigenvalue weighted by molar-refractivity contribution is 7.54. The van der Waals surface area contributed by atoms with Gasteiger partial charge in [0.25, 0.3) is 5.56 Å². The Morgan fingerprint density at radius 1 is 1.08 bits per heavy atom. The molecule has 1 aliphatic rings. The molecule has 0 amide bonds. The topological polar surface area (TPSA) is 186 Å². The van der Waals surface area contributed by atoms with Crippen molar-refractivity contribution in [3.8, 4) is 11.1 Å². The summed E-state index contributed by atoms with van der Waals surface area (Å²) in [6.45, 7) is -0.829. The Labute approximate surface area is 210 Å². The summed E-state index contributed by atoms with van der Waals surface area (Å²) in [5.41, 5.74) is -0.540. The Morgan fingerprint density at radius 2 is 1.81 bits per heavy atom. The zero-order valence-electron chi connectivity index (χ0n) is 18.8. The highest BCUT2D eigenvalue weighted by Gasteiger charge is 2.44. The Morgan fingerprint density at radius 3 is 2.51 bits per heavy atom. The number of ether oxygens (including phenoxy) is 1. The number of rotatable bonds is 9. The van der Waals surface area contributed by atoms with Crippen LogP contribution in [-0.4, -0.2) is 63.9 Å². The van der Waals surface area contributed by atoms with E-state index in [1.165, 1.54) is 6.07 Å². The highest BCUT2D eigenvalue weighted by Crippen LogP contribution is 2.46. The molecule has 4 rings (SSSR count). The smallest absolute Gasteiger partial charge is 0.337 e. The number of aliphatic hydroxyl groups is 2. The van der Waals surface area contributed by atoms with Crippen LogP contribution in [0.2, 0.25) is 0 Å². The lowest BCUT2D eigenvalue weighted by Gasteiger charge is -2.19. The van der Waals surface area contributed by atoms with E-state index in [0.29, 0.717) is 5.56 Å². The molecule has 198 valence electrons. The molecule has 5 unspecified atom stereocenters. The van der Waals surface area contributed by atoms with Gasteiger partial charge in [-0.05, 0) is 11.6 Å². The van der Waals surface area contributed by atoms with Gasteiger partial charge in [0.2, 0.25) is 0 Å². The monoisotopic (exact) mass is 557 g/mol. The minimum atomic E-state index is -2.88. The van der Waals surface area contributed by atoms with E-state index in [2.05, 4.69) is 9.29 Å². The quantitative estimate of drug-likeness (QED) is 0.229. The van der Waals surface area contributed by atoms with Gasteiger partial charge in [0.1, 0.15) is 24.1 Å². The first-order valence-electron chi connectivity index (χ1n) is 10.7. The normalized spacial score (nSPS) is 22.5. The van der Waals surface area contributed by atoms with Crippen molar-refractivity contribution >= 4 is 17.2 Å². The molecule has 37 heavy (non-hydrogen) atoms. The van der Waals surface area contributed by atoms with Gasteiger partial charge >= 0.3 is 22.9 Å². The van der Waals surface area contributed by atoms with Crippen molar-refractivity contribution in [2.75, 3.05) is 6.61 Å². The number of hydrogen-bond donors (Lipinski definition) is 5. The standard InChI is InChI=1S/C21H22FN3O10P2/c22-15-9-23-13(8-14(15)12-4-2-1-3-5-12)10-25-17(26)6-7-24(21(25)29)20-19(28)18(27)16(34-20)11-33-37(32)35-36(30)31/h1-9,16,18-20,27-28,30-32H,10-11H2. The third-order valence-corrected chi connectivity index (χ3v) is 7.03. The second kappa shape index (κ2) is 11.9. The summed E-state index contributed by atoms with van der Waals surface area (Å²) in [7, 11) is -5.58. The van der Waals surface area contributed by atoms with Crippen LogP contribution in [0.5, 0.6) is 0 Å². The summed E-state index contributed by atoms with van der Waals surface area (Å²) >= 11 is 0. The van der Waals surface area contributed by atoms with E-state index in [1.54, 1.807) is 30.3 Å². The zero-order valence-corrected chi connectivity index (χ0v) is 20.6. The average molecular weight is 557 g/mol. The minimum Gasteiger partial charge on any atom is -0.387 e. The van der Waals surface area contributed by atoms with Gasteiger partial charge in [-0.3, -0.25) is 18.9 Å². The fourth-order valence-electron chi connectivity index (χ4n) is 3.76. The van der Waals surface area contributed by atoms with Gasteiger partial charge in [-0.25, -0.2) is 13.5 Å². The molecular formula is C21H22FN3O10P2. The van der Waals surface area contributed by atoms with Crippen molar-refractivity contribution in [2.45, 2.75) is 31.1 Å². The van der Waals surface area contributed by atoms with Gasteiger partial charge in [0.15, 0.2) is 6.23 Å². The molecule has 13 nitrogen and oxygen atoms in total. The van der Waals surface area contributed by atoms with Crippen LogP contribution in [0, 0.1) is 5.82 Å². The Hall–Kier alpha value is -2.48. The second-order valence-corrected chi connectivity index (χ2v) is 9.76. The zero-order chi connectivity index (χ0) is 26.7. The van der Waals surface area contributed by atoms with Gasteiger partial charge in [-0.15, -0.1) is 0 Å². The van der Waals surface area contributed by atoms with Crippen LogP contribution in [0.4, 0.5) is 4.39 Å². The fourth-order valence-corrected chi connectivity index (χ4v) is 4.72. The van der Waals surface area contributed by atoms with Crippen molar-refractivity contribution < 1.29 is 42.9 Å². The van der Waals surface area contributed by atoms with Gasteiger partial charge in [0.05, 0.1) is 25.0 Å². The molecule has 0 aliphatic carbocycles. The van der Waals surface area contributed by atoms with Crippen molar-refractivity contribution in [2.24, 2.45) is 0 Å². The summed E-state index contributed by atoms with van der Waals surface area (Å²) in [5, 5.41) is 20.8. The predicted octanol–water partition coefficient (Wildman–Crippen LogP) is 0.342. The van der Waals surface area contributed by atoms with Crippen LogP contribution in [0.3, 0.4) is 0 Å². The van der Waals surface area contributed by atoms with Crippen LogP contribution in [-0.2, 0) is 20.1 Å². The van der Waals surface area contributed by atoms with Crippen molar-refractivity contribution in [1.82, 2.24) is 14.1 Å². The number of halogens is 1. The lowest BCUT2D eigenvalue weighted by atomic mass is 10.1. The third-order valence-electron chi connectivity index (χ3n) is 5.52. The maximum Gasteiger partial charge on any atom is 0.337 e. The van der Waals surface area contributed by atoms with E-state index in [4.69, 9.17) is 19.0 Å². The number of nitrogens with zero attached hydrogens (tertiary/aromatic N) is 3. The van der Waals surface area contributed by atoms with E-state index in [9.17, 15) is 29.1 Å². The lowest BCUT2D eigenvalue weighted by Crippen LogP contribution is -2.43. The van der Waals surface area contributed by atoms with Crippen LogP contribution >= 0.6 is 17.2 Å². The van der Waals surface area contributed by atoms with Crippen molar-refractivity contribution in [3.63, 3.8) is 0 Å². The van der Waals surface area contributed by atoms with E-state index in [1.807, 2.05) is 0 Å². The summed E-state index contributed by atoms with van der Waals surface area (Å²) in [4.78, 5) is 56.6. The molecule has 2 aromatic heterocycles. The maximum absolute atomic E-state index is 14.4. The van der Waals surface area contributed by atoms with Crippen molar-refractivity contribution in [3.05, 3.63) is 87.2 Å². The van der Waals surface area contributed by atoms with E-state index in [-0.39, 0.29) is 17.8 Å². The first-order chi connectivity index (χ1) is 17.7. The number of aromatic nitrogens is 3. The molecule has 5 N–H and O–H groups in total. The molecule has 1 fully saturated rings. The largest absolute Gasteiger partial charge is 0.387 e. The molecule has 0 radical (unpaired) electrons. The van der Waals surface area contributed by atoms with E-state index in [0.717, 1.165) is 27.6 Å². The first kappa shape index (κ1) is 27.6. The minimum absolute atomic E-state index is 0.223. The summed E-state index contributed by atoms with van der Waals surface area (Å²) in [6, 6.07) is 11.1. The average Bonchev–Trinajstić information content (AvgIpc) is 3.15. The SMILES string of the molecule is O=c1ccn(C2OC(COP(O)OP(O)O)C(O)C2O)c(=O)n1Cc1cc(-c2ccccc2)c(F)cn1. The van der Waals surface area contributed by atoms with Gasteiger partial charge < -0.3 is 34.2 Å². The molecule has 0 bridgehead atoms. The number of hydrogen-bond acceptors (Lipinski definition) is 11. The van der Waals surface area contributed by atoms with E-state index < -0.39 is 65.4 Å². The summed E-state index contributed by atoms with van der Waals surface area (Å²) < 4.78 is 30.8. The van der Waals surface area contributed by atoms with Crippen LogP contribution in [0.25, 0.3) is 11.1 Å². The Bertz CT molecular complexity index is 1340. The van der Waals surface area contributed by atoms with Gasteiger partial charge in [-0.1, -0.05) is 30.3 Å². The van der Waals surface area contributed by atoms with Crippen molar-refractivity contribution in [1.29, 1.82) is 0 Å². The Kier molecular flexibility index (Phi) is 8.88. The van der Waals surface area contributed by atoms with Gasteiger partial charge in [0, 0.05) is 17.8 Å². The number of aliphatic hydroxyl groups excluding tert-OH is 2. The fraction of sp³-hybridized carbons (Fsp3) is 0.286. The molecular weight excluding hydrogens is 535 g/mol. The number of pyridine rings is 1. The summed E-state index contributed by atoms with van der Waals surface area (Å²) in [5.74, 6) is -0.580. The molecule has 3 heterocycles. The molecule has 1 saturated heterocycles. The molecule has 0 spiro atoms. The third kappa shape index (κ3) is 6.33. The predicted molar refractivity (Wildman–Crippen MR) is 127 cm³/mol. The Balaban J connectivity index is 1.56. The lowest BCUT2D eigenvalue weighted by molar-refractivity contribution is -0.0530. The summed E-state index contributed by atoms with van der Waals surface area (Å²) in [6.07, 6.45) is -3.76. The molecule has 1 aliphatic heterocycles. The molecule has 16 heteroatoms. The molecule has 3 aromatic rings. The molecule has 1 aromatic carbocycles.